The third-order valence-corrected chi connectivity index (χ3v) is 1.49. The molecule has 0 aliphatic carbocycles. The van der Waals surface area contributed by atoms with Crippen molar-refractivity contribution in [3.05, 3.63) is 21.9 Å². The van der Waals surface area contributed by atoms with Crippen molar-refractivity contribution in [2.24, 2.45) is 0 Å². The van der Waals surface area contributed by atoms with Crippen molar-refractivity contribution in [2.45, 2.75) is 6.92 Å². The standard InChI is InChI=1S/C5H4Cl2N2/c1-3-2-4(6)5(7)9-8-3/h2H,1H3. The molecule has 48 valence electrons. The van der Waals surface area contributed by atoms with Gasteiger partial charge in [0.1, 0.15) is 0 Å². The first-order valence-electron chi connectivity index (χ1n) is 2.35. The molecule has 2 nitrogen and oxygen atoms in total. The molecule has 0 unspecified atom stereocenters. The lowest BCUT2D eigenvalue weighted by atomic mass is 10.4. The highest BCUT2D eigenvalue weighted by Gasteiger charge is 1.96. The van der Waals surface area contributed by atoms with Gasteiger partial charge in [0, 0.05) is 0 Å². The summed E-state index contributed by atoms with van der Waals surface area (Å²) in [5, 5.41) is 7.94. The van der Waals surface area contributed by atoms with Crippen molar-refractivity contribution in [3.8, 4) is 0 Å². The molecule has 0 saturated carbocycles. The monoisotopic (exact) mass is 162 g/mol. The predicted molar refractivity (Wildman–Crippen MR) is 36.8 cm³/mol. The van der Waals surface area contributed by atoms with Crippen molar-refractivity contribution in [2.75, 3.05) is 0 Å². The van der Waals surface area contributed by atoms with Gasteiger partial charge in [-0.25, -0.2) is 0 Å². The zero-order valence-corrected chi connectivity index (χ0v) is 6.24. The van der Waals surface area contributed by atoms with Gasteiger partial charge in [0.25, 0.3) is 0 Å². The van der Waals surface area contributed by atoms with Crippen LogP contribution in [0.2, 0.25) is 10.2 Å². The summed E-state index contributed by atoms with van der Waals surface area (Å²) >= 11 is 11.1. The van der Waals surface area contributed by atoms with Gasteiger partial charge < -0.3 is 0 Å². The molecule has 0 N–H and O–H groups in total. The van der Waals surface area contributed by atoms with Gasteiger partial charge in [-0.3, -0.25) is 0 Å². The third-order valence-electron chi connectivity index (χ3n) is 0.828. The van der Waals surface area contributed by atoms with Gasteiger partial charge >= 0.3 is 0 Å². The minimum absolute atomic E-state index is 0.252. The Morgan fingerprint density at radius 1 is 1.33 bits per heavy atom. The minimum Gasteiger partial charge on any atom is -0.154 e. The van der Waals surface area contributed by atoms with Gasteiger partial charge in [-0.15, -0.1) is 5.10 Å². The van der Waals surface area contributed by atoms with Crippen molar-refractivity contribution in [3.63, 3.8) is 0 Å². The highest BCUT2D eigenvalue weighted by Crippen LogP contribution is 2.17. The van der Waals surface area contributed by atoms with Crippen LogP contribution in [-0.4, -0.2) is 10.2 Å². The molecule has 1 rings (SSSR count). The van der Waals surface area contributed by atoms with Crippen molar-refractivity contribution in [1.29, 1.82) is 0 Å². The quantitative estimate of drug-likeness (QED) is 0.585. The molecule has 0 saturated heterocycles. The average molecular weight is 163 g/mol. The Kier molecular flexibility index (Phi) is 1.88. The topological polar surface area (TPSA) is 25.8 Å². The van der Waals surface area contributed by atoms with Crippen LogP contribution in [-0.2, 0) is 0 Å². The van der Waals surface area contributed by atoms with Crippen LogP contribution in [0.4, 0.5) is 0 Å². The van der Waals surface area contributed by atoms with Gasteiger partial charge in [0.15, 0.2) is 5.15 Å². The predicted octanol–water partition coefficient (Wildman–Crippen LogP) is 2.09. The first kappa shape index (κ1) is 6.78. The van der Waals surface area contributed by atoms with Crippen LogP contribution in [0.3, 0.4) is 0 Å². The SMILES string of the molecule is Cc1cc(Cl)c(Cl)nn1. The molecular weight excluding hydrogens is 159 g/mol. The van der Waals surface area contributed by atoms with E-state index in [1.54, 1.807) is 13.0 Å². The van der Waals surface area contributed by atoms with E-state index in [2.05, 4.69) is 10.2 Å². The van der Waals surface area contributed by atoms with Crippen molar-refractivity contribution >= 4 is 23.2 Å². The number of hydrogen-bond acceptors (Lipinski definition) is 2. The largest absolute Gasteiger partial charge is 0.170 e. The summed E-state index contributed by atoms with van der Waals surface area (Å²) in [6.07, 6.45) is 0. The van der Waals surface area contributed by atoms with Crippen LogP contribution in [0.1, 0.15) is 5.69 Å². The number of hydrogen-bond donors (Lipinski definition) is 0. The molecule has 0 radical (unpaired) electrons. The van der Waals surface area contributed by atoms with E-state index in [1.807, 2.05) is 0 Å². The van der Waals surface area contributed by atoms with E-state index in [4.69, 9.17) is 23.2 Å². The lowest BCUT2D eigenvalue weighted by Crippen LogP contribution is -1.85. The van der Waals surface area contributed by atoms with Crippen LogP contribution in [0, 0.1) is 6.92 Å². The highest BCUT2D eigenvalue weighted by molar-refractivity contribution is 6.41. The summed E-state index contributed by atoms with van der Waals surface area (Å²) in [5.74, 6) is 0. The summed E-state index contributed by atoms with van der Waals surface area (Å²) in [6, 6.07) is 1.66. The average Bonchev–Trinajstić information content (AvgIpc) is 1.80. The van der Waals surface area contributed by atoms with Crippen molar-refractivity contribution < 1.29 is 0 Å². The third kappa shape index (κ3) is 1.53. The lowest BCUT2D eigenvalue weighted by molar-refractivity contribution is 0.981. The van der Waals surface area contributed by atoms with E-state index in [9.17, 15) is 0 Å². The molecule has 0 bridgehead atoms. The van der Waals surface area contributed by atoms with Gasteiger partial charge in [0.2, 0.25) is 0 Å². The van der Waals surface area contributed by atoms with Gasteiger partial charge in [-0.2, -0.15) is 5.10 Å². The highest BCUT2D eigenvalue weighted by atomic mass is 35.5. The van der Waals surface area contributed by atoms with E-state index in [-0.39, 0.29) is 5.15 Å². The van der Waals surface area contributed by atoms with Gasteiger partial charge in [-0.1, -0.05) is 23.2 Å². The van der Waals surface area contributed by atoms with E-state index in [1.165, 1.54) is 0 Å². The first-order chi connectivity index (χ1) is 4.20. The van der Waals surface area contributed by atoms with Crippen LogP contribution in [0.5, 0.6) is 0 Å². The Labute approximate surface area is 62.8 Å². The van der Waals surface area contributed by atoms with E-state index in [0.29, 0.717) is 5.02 Å². The maximum atomic E-state index is 5.58. The summed E-state index contributed by atoms with van der Waals surface area (Å²) in [7, 11) is 0. The number of aromatic nitrogens is 2. The maximum Gasteiger partial charge on any atom is 0.170 e. The normalized spacial score (nSPS) is 9.67. The number of aryl methyl sites for hydroxylation is 1. The van der Waals surface area contributed by atoms with Crippen molar-refractivity contribution in [1.82, 2.24) is 10.2 Å². The molecule has 0 aliphatic rings. The van der Waals surface area contributed by atoms with Gasteiger partial charge in [-0.05, 0) is 13.0 Å². The number of rotatable bonds is 0. The Bertz CT molecular complexity index is 224. The zero-order chi connectivity index (χ0) is 6.85. The molecule has 1 aromatic heterocycles. The molecular formula is C5H4Cl2N2. The molecule has 1 aromatic rings. The van der Waals surface area contributed by atoms with Crippen LogP contribution >= 0.6 is 23.2 Å². The molecule has 0 amide bonds. The fourth-order valence-electron chi connectivity index (χ4n) is 0.442. The molecule has 4 heteroatoms. The second-order valence-electron chi connectivity index (χ2n) is 1.62. The fourth-order valence-corrected chi connectivity index (χ4v) is 0.730. The van der Waals surface area contributed by atoms with E-state index < -0.39 is 0 Å². The van der Waals surface area contributed by atoms with Crippen LogP contribution < -0.4 is 0 Å². The molecule has 9 heavy (non-hydrogen) atoms. The van der Waals surface area contributed by atoms with Crippen LogP contribution in [0.15, 0.2) is 6.07 Å². The maximum absolute atomic E-state index is 5.58. The minimum atomic E-state index is 0.252. The molecule has 0 aromatic carbocycles. The summed E-state index contributed by atoms with van der Waals surface area (Å²) in [4.78, 5) is 0. The van der Waals surface area contributed by atoms with Crippen LogP contribution in [0.25, 0.3) is 0 Å². The molecule has 0 fully saturated rings. The number of nitrogens with zero attached hydrogens (tertiary/aromatic N) is 2. The summed E-state index contributed by atoms with van der Waals surface area (Å²) in [5.41, 5.74) is 0.768. The zero-order valence-electron chi connectivity index (χ0n) is 4.73. The second-order valence-corrected chi connectivity index (χ2v) is 2.39. The molecule has 0 aliphatic heterocycles. The van der Waals surface area contributed by atoms with Gasteiger partial charge in [0.05, 0.1) is 10.7 Å². The van der Waals surface area contributed by atoms with E-state index in [0.717, 1.165) is 5.69 Å². The Morgan fingerprint density at radius 3 is 2.44 bits per heavy atom. The summed E-state index contributed by atoms with van der Waals surface area (Å²) < 4.78 is 0. The first-order valence-corrected chi connectivity index (χ1v) is 3.11. The van der Waals surface area contributed by atoms with E-state index >= 15 is 0 Å². The summed E-state index contributed by atoms with van der Waals surface area (Å²) in [6.45, 7) is 1.80. The smallest absolute Gasteiger partial charge is 0.154 e. The Morgan fingerprint density at radius 2 is 2.00 bits per heavy atom. The number of halogens is 2. The fraction of sp³-hybridized carbons (Fsp3) is 0.200. The lowest BCUT2D eigenvalue weighted by Gasteiger charge is -1.91. The second kappa shape index (κ2) is 2.50. The Hall–Kier alpha value is -0.340. The molecule has 1 heterocycles. The Balaban J connectivity index is 3.17. The molecule has 0 spiro atoms. The molecule has 0 atom stereocenters.